The summed E-state index contributed by atoms with van der Waals surface area (Å²) < 4.78 is 4.52. The monoisotopic (exact) mass is 334 g/mol. The van der Waals surface area contributed by atoms with Crippen molar-refractivity contribution in [3.05, 3.63) is 47.5 Å². The van der Waals surface area contributed by atoms with Crippen LogP contribution >= 0.6 is 12.4 Å². The lowest BCUT2D eigenvalue weighted by Crippen LogP contribution is -2.45. The second-order valence-electron chi connectivity index (χ2n) is 4.67. The fourth-order valence-electron chi connectivity index (χ4n) is 2.09. The third-order valence-corrected chi connectivity index (χ3v) is 3.31. The predicted molar refractivity (Wildman–Crippen MR) is 86.0 cm³/mol. The van der Waals surface area contributed by atoms with E-state index in [0.29, 0.717) is 11.1 Å². The van der Waals surface area contributed by atoms with Crippen molar-refractivity contribution in [3.63, 3.8) is 0 Å². The molecule has 0 spiro atoms. The van der Waals surface area contributed by atoms with Crippen molar-refractivity contribution in [1.82, 2.24) is 4.90 Å². The Kier molecular flexibility index (Phi) is 5.68. The Morgan fingerprint density at radius 2 is 1.87 bits per heavy atom. The number of methoxy groups -OCH3 is 1. The number of nitrogens with two attached hydrogens (primary N) is 1. The zero-order valence-corrected chi connectivity index (χ0v) is 13.1. The second kappa shape index (κ2) is 7.09. The Bertz CT molecular complexity index is 688. The molecular weight excluding hydrogens is 320 g/mol. The van der Waals surface area contributed by atoms with Crippen LogP contribution in [0.2, 0.25) is 0 Å². The lowest BCUT2D eigenvalue weighted by molar-refractivity contribution is -0.143. The maximum atomic E-state index is 12.1. The number of amides is 2. The molecule has 0 bridgehead atoms. The number of hydrogen-bond donors (Lipinski definition) is 1. The van der Waals surface area contributed by atoms with Crippen molar-refractivity contribution in [2.45, 2.75) is 5.54 Å². The van der Waals surface area contributed by atoms with Crippen molar-refractivity contribution in [2.75, 3.05) is 13.7 Å². The summed E-state index contributed by atoms with van der Waals surface area (Å²) in [7, 11) is 1.17. The normalized spacial score (nSPS) is 15.6. The molecule has 0 aliphatic carbocycles. The molecule has 1 aliphatic heterocycles. The highest BCUT2D eigenvalue weighted by molar-refractivity contribution is 6.21. The number of ether oxygens (including phenoxy) is 1. The van der Waals surface area contributed by atoms with Gasteiger partial charge in [0.2, 0.25) is 0 Å². The summed E-state index contributed by atoms with van der Waals surface area (Å²) in [6, 6.07) is 6.54. The molecule has 7 heteroatoms. The SMILES string of the molecule is C#CC(N)(/C=C/CN1C(=O)c2ccccc2C1=O)C(=O)OC.Cl. The number of rotatable bonds is 4. The van der Waals surface area contributed by atoms with Gasteiger partial charge in [0.25, 0.3) is 11.8 Å². The molecule has 6 nitrogen and oxygen atoms in total. The zero-order chi connectivity index (χ0) is 16.3. The summed E-state index contributed by atoms with van der Waals surface area (Å²) in [5.41, 5.74) is 4.68. The number of terminal acetylenes is 1. The molecule has 1 aromatic rings. The fraction of sp³-hybridized carbons (Fsp3) is 0.188. The van der Waals surface area contributed by atoms with Crippen LogP contribution in [0.3, 0.4) is 0 Å². The minimum Gasteiger partial charge on any atom is -0.467 e. The van der Waals surface area contributed by atoms with Crippen LogP contribution in [-0.4, -0.2) is 41.9 Å². The first-order chi connectivity index (χ1) is 10.4. The van der Waals surface area contributed by atoms with E-state index >= 15 is 0 Å². The van der Waals surface area contributed by atoms with Crippen molar-refractivity contribution >= 4 is 30.2 Å². The fourth-order valence-corrected chi connectivity index (χ4v) is 2.09. The van der Waals surface area contributed by atoms with E-state index in [1.54, 1.807) is 24.3 Å². The smallest absolute Gasteiger partial charge is 0.342 e. The van der Waals surface area contributed by atoms with Gasteiger partial charge in [-0.05, 0) is 18.2 Å². The minimum absolute atomic E-state index is 0. The maximum absolute atomic E-state index is 12.1. The minimum atomic E-state index is -1.73. The van der Waals surface area contributed by atoms with Crippen molar-refractivity contribution < 1.29 is 19.1 Å². The Labute approximate surface area is 139 Å². The first kappa shape index (κ1) is 18.4. The lowest BCUT2D eigenvalue weighted by Gasteiger charge is -2.16. The maximum Gasteiger partial charge on any atom is 0.342 e. The topological polar surface area (TPSA) is 89.7 Å². The average molecular weight is 335 g/mol. The second-order valence-corrected chi connectivity index (χ2v) is 4.67. The zero-order valence-electron chi connectivity index (χ0n) is 12.3. The molecule has 2 N–H and O–H groups in total. The summed E-state index contributed by atoms with van der Waals surface area (Å²) in [6.45, 7) is -0.0377. The molecule has 0 fully saturated rings. The third-order valence-electron chi connectivity index (χ3n) is 3.31. The summed E-state index contributed by atoms with van der Waals surface area (Å²) in [6.07, 6.45) is 7.87. The predicted octanol–water partition coefficient (Wildman–Crippen LogP) is 0.764. The van der Waals surface area contributed by atoms with Gasteiger partial charge in [-0.25, -0.2) is 4.79 Å². The molecule has 1 aromatic carbocycles. The number of carbonyl (C=O) groups excluding carboxylic acids is 3. The quantitative estimate of drug-likeness (QED) is 0.380. The highest BCUT2D eigenvalue weighted by Crippen LogP contribution is 2.22. The van der Waals surface area contributed by atoms with E-state index in [-0.39, 0.29) is 19.0 Å². The Morgan fingerprint density at radius 1 is 1.35 bits per heavy atom. The van der Waals surface area contributed by atoms with E-state index in [2.05, 4.69) is 10.7 Å². The van der Waals surface area contributed by atoms with E-state index < -0.39 is 23.3 Å². The van der Waals surface area contributed by atoms with Crippen molar-refractivity contribution in [3.8, 4) is 12.3 Å². The number of nitrogens with zero attached hydrogens (tertiary/aromatic N) is 1. The lowest BCUT2D eigenvalue weighted by atomic mass is 10.0. The Balaban J connectivity index is 0.00000264. The van der Waals surface area contributed by atoms with Gasteiger partial charge < -0.3 is 10.5 Å². The van der Waals surface area contributed by atoms with Gasteiger partial charge in [0.05, 0.1) is 18.2 Å². The number of fused-ring (bicyclic) bond motifs is 1. The molecule has 1 atom stereocenters. The number of esters is 1. The van der Waals surface area contributed by atoms with Gasteiger partial charge in [-0.3, -0.25) is 14.5 Å². The molecule has 1 heterocycles. The number of benzene rings is 1. The van der Waals surface area contributed by atoms with E-state index in [0.717, 1.165) is 4.90 Å². The molecule has 2 amide bonds. The van der Waals surface area contributed by atoms with Crippen molar-refractivity contribution in [1.29, 1.82) is 0 Å². The number of hydrogen-bond acceptors (Lipinski definition) is 5. The highest BCUT2D eigenvalue weighted by atomic mass is 35.5. The molecule has 0 aromatic heterocycles. The first-order valence-corrected chi connectivity index (χ1v) is 6.42. The molecule has 0 saturated carbocycles. The summed E-state index contributed by atoms with van der Waals surface area (Å²) in [4.78, 5) is 36.8. The van der Waals surface area contributed by atoms with Crippen LogP contribution in [0.15, 0.2) is 36.4 Å². The van der Waals surface area contributed by atoms with Gasteiger partial charge >= 0.3 is 5.97 Å². The van der Waals surface area contributed by atoms with Crippen LogP contribution in [0.5, 0.6) is 0 Å². The van der Waals surface area contributed by atoms with Gasteiger partial charge in [0.1, 0.15) is 0 Å². The summed E-state index contributed by atoms with van der Waals surface area (Å²) in [5, 5.41) is 0. The number of imide groups is 1. The van der Waals surface area contributed by atoms with Crippen LogP contribution in [0, 0.1) is 12.3 Å². The number of carbonyl (C=O) groups is 3. The first-order valence-electron chi connectivity index (χ1n) is 6.42. The average Bonchev–Trinajstić information content (AvgIpc) is 2.79. The van der Waals surface area contributed by atoms with Crippen LogP contribution in [-0.2, 0) is 9.53 Å². The van der Waals surface area contributed by atoms with Crippen LogP contribution in [0.4, 0.5) is 0 Å². The molecule has 120 valence electrons. The van der Waals surface area contributed by atoms with Crippen molar-refractivity contribution in [2.24, 2.45) is 5.73 Å². The van der Waals surface area contributed by atoms with Crippen LogP contribution < -0.4 is 5.73 Å². The van der Waals surface area contributed by atoms with Crippen LogP contribution in [0.1, 0.15) is 20.7 Å². The molecular formula is C16H15ClN2O4. The van der Waals surface area contributed by atoms with Gasteiger partial charge in [0.15, 0.2) is 5.54 Å². The molecule has 23 heavy (non-hydrogen) atoms. The Morgan fingerprint density at radius 3 is 2.30 bits per heavy atom. The Hall–Kier alpha value is -2.62. The largest absolute Gasteiger partial charge is 0.467 e. The van der Waals surface area contributed by atoms with E-state index in [9.17, 15) is 14.4 Å². The summed E-state index contributed by atoms with van der Waals surface area (Å²) >= 11 is 0. The molecule has 0 saturated heterocycles. The summed E-state index contributed by atoms with van der Waals surface area (Å²) in [5.74, 6) is 0.531. The standard InChI is InChI=1S/C16H14N2O4.ClH/c1-3-16(17,15(21)22-2)9-6-10-18-13(19)11-7-4-5-8-12(11)14(18)20;/h1,4-9H,10,17H2,2H3;1H/b9-6+;. The molecule has 1 unspecified atom stereocenters. The van der Waals surface area contributed by atoms with Gasteiger partial charge in [-0.1, -0.05) is 24.1 Å². The van der Waals surface area contributed by atoms with Crippen LogP contribution in [0.25, 0.3) is 0 Å². The molecule has 0 radical (unpaired) electrons. The van der Waals surface area contributed by atoms with E-state index in [1.807, 2.05) is 0 Å². The van der Waals surface area contributed by atoms with Gasteiger partial charge in [-0.15, -0.1) is 18.8 Å². The van der Waals surface area contributed by atoms with E-state index in [4.69, 9.17) is 12.2 Å². The van der Waals surface area contributed by atoms with Gasteiger partial charge in [-0.2, -0.15) is 0 Å². The molecule has 2 rings (SSSR count). The third kappa shape index (κ3) is 3.26. The molecule has 1 aliphatic rings. The van der Waals surface area contributed by atoms with E-state index in [1.165, 1.54) is 19.3 Å². The van der Waals surface area contributed by atoms with Gasteiger partial charge in [0, 0.05) is 6.54 Å². The number of halogens is 1. The highest BCUT2D eigenvalue weighted by Gasteiger charge is 2.35.